The van der Waals surface area contributed by atoms with E-state index in [-0.39, 0.29) is 0 Å². The topological polar surface area (TPSA) is 41.6 Å². The van der Waals surface area contributed by atoms with Gasteiger partial charge in [0.25, 0.3) is 0 Å². The van der Waals surface area contributed by atoms with Gasteiger partial charge in [-0.05, 0) is 36.2 Å². The van der Waals surface area contributed by atoms with Crippen LogP contribution in [0.25, 0.3) is 11.0 Å². The summed E-state index contributed by atoms with van der Waals surface area (Å²) >= 11 is 0. The van der Waals surface area contributed by atoms with Crippen molar-refractivity contribution < 1.29 is 0 Å². The first-order chi connectivity index (χ1) is 8.31. The fraction of sp³-hybridized carbons (Fsp3) is 0.143. The second-order valence-corrected chi connectivity index (χ2v) is 4.24. The third-order valence-corrected chi connectivity index (χ3v) is 2.78. The second-order valence-electron chi connectivity index (χ2n) is 4.24. The van der Waals surface area contributed by atoms with Crippen LogP contribution >= 0.6 is 0 Å². The van der Waals surface area contributed by atoms with Crippen LogP contribution in [0, 0.1) is 6.92 Å². The van der Waals surface area contributed by atoms with Gasteiger partial charge >= 0.3 is 0 Å². The van der Waals surface area contributed by atoms with Gasteiger partial charge in [-0.25, -0.2) is 4.98 Å². The van der Waals surface area contributed by atoms with E-state index in [0.29, 0.717) is 0 Å². The highest BCUT2D eigenvalue weighted by Gasteiger charge is 2.03. The van der Waals surface area contributed by atoms with Crippen molar-refractivity contribution in [3.8, 4) is 0 Å². The fourth-order valence-electron chi connectivity index (χ4n) is 1.96. The van der Waals surface area contributed by atoms with Crippen LogP contribution in [-0.4, -0.2) is 15.0 Å². The molecule has 0 radical (unpaired) electrons. The molecule has 84 valence electrons. The summed E-state index contributed by atoms with van der Waals surface area (Å²) in [6, 6.07) is 10.3. The summed E-state index contributed by atoms with van der Waals surface area (Å²) in [5.41, 5.74) is 4.54. The van der Waals surface area contributed by atoms with Crippen LogP contribution in [0.4, 0.5) is 0 Å². The zero-order valence-electron chi connectivity index (χ0n) is 9.64. The van der Waals surface area contributed by atoms with E-state index in [0.717, 1.165) is 23.3 Å². The van der Waals surface area contributed by atoms with Gasteiger partial charge in [0.1, 0.15) is 5.82 Å². The van der Waals surface area contributed by atoms with E-state index >= 15 is 0 Å². The van der Waals surface area contributed by atoms with E-state index in [2.05, 4.69) is 40.1 Å². The summed E-state index contributed by atoms with van der Waals surface area (Å²) in [7, 11) is 0. The van der Waals surface area contributed by atoms with Crippen LogP contribution in [0.3, 0.4) is 0 Å². The first-order valence-electron chi connectivity index (χ1n) is 5.65. The molecular formula is C14H13N3. The van der Waals surface area contributed by atoms with Crippen molar-refractivity contribution in [3.63, 3.8) is 0 Å². The number of benzene rings is 1. The molecule has 0 saturated heterocycles. The lowest BCUT2D eigenvalue weighted by Crippen LogP contribution is -1.90. The van der Waals surface area contributed by atoms with Crippen molar-refractivity contribution in [2.24, 2.45) is 0 Å². The maximum atomic E-state index is 4.57. The van der Waals surface area contributed by atoms with E-state index in [4.69, 9.17) is 0 Å². The first kappa shape index (κ1) is 10.0. The predicted molar refractivity (Wildman–Crippen MR) is 67.9 cm³/mol. The standard InChI is InChI=1S/C14H13N3/c1-10-4-5-12-13(7-10)17-14(16-12)8-11-3-2-6-15-9-11/h2-7,9H,8H2,1H3,(H,16,17). The van der Waals surface area contributed by atoms with Gasteiger partial charge in [0, 0.05) is 18.8 Å². The number of hydrogen-bond donors (Lipinski definition) is 1. The van der Waals surface area contributed by atoms with E-state index in [9.17, 15) is 0 Å². The molecule has 2 heterocycles. The Morgan fingerprint density at radius 3 is 3.00 bits per heavy atom. The second kappa shape index (κ2) is 4.01. The van der Waals surface area contributed by atoms with Crippen LogP contribution in [0.15, 0.2) is 42.7 Å². The molecule has 0 fully saturated rings. The Bertz CT molecular complexity index is 641. The van der Waals surface area contributed by atoms with Crippen LogP contribution in [0.1, 0.15) is 17.0 Å². The lowest BCUT2D eigenvalue weighted by atomic mass is 10.2. The summed E-state index contributed by atoms with van der Waals surface area (Å²) in [6.07, 6.45) is 4.45. The molecule has 0 spiro atoms. The first-order valence-corrected chi connectivity index (χ1v) is 5.65. The zero-order valence-corrected chi connectivity index (χ0v) is 9.64. The summed E-state index contributed by atoms with van der Waals surface area (Å²) < 4.78 is 0. The summed E-state index contributed by atoms with van der Waals surface area (Å²) in [5.74, 6) is 0.985. The summed E-state index contributed by atoms with van der Waals surface area (Å²) in [4.78, 5) is 12.0. The van der Waals surface area contributed by atoms with Crippen molar-refractivity contribution in [3.05, 3.63) is 59.7 Å². The summed E-state index contributed by atoms with van der Waals surface area (Å²) in [6.45, 7) is 2.08. The van der Waals surface area contributed by atoms with Crippen molar-refractivity contribution in [1.29, 1.82) is 0 Å². The molecule has 3 nitrogen and oxygen atoms in total. The van der Waals surface area contributed by atoms with Gasteiger partial charge in [0.2, 0.25) is 0 Å². The number of hydrogen-bond acceptors (Lipinski definition) is 2. The van der Waals surface area contributed by atoms with Crippen LogP contribution in [-0.2, 0) is 6.42 Å². The van der Waals surface area contributed by atoms with Crippen molar-refractivity contribution in [1.82, 2.24) is 15.0 Å². The minimum absolute atomic E-state index is 0.793. The number of rotatable bonds is 2. The quantitative estimate of drug-likeness (QED) is 0.725. The normalized spacial score (nSPS) is 10.9. The molecule has 2 aromatic heterocycles. The van der Waals surface area contributed by atoms with Gasteiger partial charge in [-0.2, -0.15) is 0 Å². The minimum Gasteiger partial charge on any atom is -0.342 e. The number of nitrogens with one attached hydrogen (secondary N) is 1. The molecule has 3 rings (SSSR count). The monoisotopic (exact) mass is 223 g/mol. The van der Waals surface area contributed by atoms with Gasteiger partial charge in [0.15, 0.2) is 0 Å². The number of fused-ring (bicyclic) bond motifs is 1. The SMILES string of the molecule is Cc1ccc2nc(Cc3cccnc3)[nH]c2c1. The third kappa shape index (κ3) is 2.04. The average molecular weight is 223 g/mol. The van der Waals surface area contributed by atoms with Crippen LogP contribution in [0.5, 0.6) is 0 Å². The zero-order chi connectivity index (χ0) is 11.7. The highest BCUT2D eigenvalue weighted by Crippen LogP contribution is 2.15. The number of H-pyrrole nitrogens is 1. The molecule has 1 aromatic carbocycles. The largest absolute Gasteiger partial charge is 0.342 e. The van der Waals surface area contributed by atoms with Gasteiger partial charge in [-0.1, -0.05) is 12.1 Å². The Kier molecular flexibility index (Phi) is 2.37. The molecule has 0 atom stereocenters. The highest BCUT2D eigenvalue weighted by atomic mass is 14.9. The Balaban J connectivity index is 1.96. The summed E-state index contributed by atoms with van der Waals surface area (Å²) in [5, 5.41) is 0. The average Bonchev–Trinajstić information content (AvgIpc) is 2.71. The number of aryl methyl sites for hydroxylation is 1. The maximum Gasteiger partial charge on any atom is 0.111 e. The minimum atomic E-state index is 0.793. The van der Waals surface area contributed by atoms with Gasteiger partial charge in [-0.15, -0.1) is 0 Å². The van der Waals surface area contributed by atoms with Gasteiger partial charge in [0.05, 0.1) is 11.0 Å². The molecule has 3 heteroatoms. The van der Waals surface area contributed by atoms with E-state index in [1.165, 1.54) is 11.1 Å². The van der Waals surface area contributed by atoms with E-state index < -0.39 is 0 Å². The predicted octanol–water partition coefficient (Wildman–Crippen LogP) is 2.86. The van der Waals surface area contributed by atoms with Crippen molar-refractivity contribution >= 4 is 11.0 Å². The van der Waals surface area contributed by atoms with E-state index in [1.807, 2.05) is 18.3 Å². The van der Waals surface area contributed by atoms with Crippen LogP contribution < -0.4 is 0 Å². The lowest BCUT2D eigenvalue weighted by molar-refractivity contribution is 1.02. The molecule has 0 aliphatic carbocycles. The molecule has 0 bridgehead atoms. The van der Waals surface area contributed by atoms with E-state index in [1.54, 1.807) is 6.20 Å². The number of aromatic nitrogens is 3. The fourth-order valence-corrected chi connectivity index (χ4v) is 1.96. The Morgan fingerprint density at radius 2 is 2.18 bits per heavy atom. The molecule has 1 N–H and O–H groups in total. The van der Waals surface area contributed by atoms with Crippen molar-refractivity contribution in [2.75, 3.05) is 0 Å². The Hall–Kier alpha value is -2.16. The Morgan fingerprint density at radius 1 is 1.24 bits per heavy atom. The maximum absolute atomic E-state index is 4.57. The highest BCUT2D eigenvalue weighted by molar-refractivity contribution is 5.75. The van der Waals surface area contributed by atoms with Crippen LogP contribution in [0.2, 0.25) is 0 Å². The Labute approximate surface area is 99.5 Å². The van der Waals surface area contributed by atoms with Crippen molar-refractivity contribution in [2.45, 2.75) is 13.3 Å². The number of imidazole rings is 1. The molecule has 3 aromatic rings. The lowest BCUT2D eigenvalue weighted by Gasteiger charge is -1.95. The smallest absolute Gasteiger partial charge is 0.111 e. The molecule has 0 aliphatic heterocycles. The number of aromatic amines is 1. The molecule has 0 aliphatic rings. The van der Waals surface area contributed by atoms with Gasteiger partial charge < -0.3 is 4.98 Å². The number of pyridine rings is 1. The number of nitrogens with zero attached hydrogens (tertiary/aromatic N) is 2. The van der Waals surface area contributed by atoms with Gasteiger partial charge in [-0.3, -0.25) is 4.98 Å². The molecule has 17 heavy (non-hydrogen) atoms. The molecule has 0 amide bonds. The molecule has 0 unspecified atom stereocenters. The third-order valence-electron chi connectivity index (χ3n) is 2.78. The molecule has 0 saturated carbocycles. The molecular weight excluding hydrogens is 210 g/mol.